The first-order chi connectivity index (χ1) is 7.29. The Balaban J connectivity index is 0.00000128. The monoisotopic (exact) mass is 276 g/mol. The molecule has 0 N–H and O–H groups in total. The van der Waals surface area contributed by atoms with Crippen LogP contribution < -0.4 is 0 Å². The van der Waals surface area contributed by atoms with Crippen LogP contribution in [0.25, 0.3) is 0 Å². The predicted molar refractivity (Wildman–Crippen MR) is 69.6 cm³/mol. The van der Waals surface area contributed by atoms with E-state index in [1.54, 1.807) is 6.20 Å². The van der Waals surface area contributed by atoms with E-state index in [0.717, 1.165) is 17.4 Å². The lowest BCUT2D eigenvalue weighted by molar-refractivity contribution is 0.755. The predicted octanol–water partition coefficient (Wildman–Crippen LogP) is 3.75. The minimum Gasteiger partial charge on any atom is -0.330 e. The third kappa shape index (κ3) is 3.14. The number of aromatic nitrogens is 2. The van der Waals surface area contributed by atoms with Gasteiger partial charge in [-0.25, -0.2) is 4.98 Å². The molecule has 0 amide bonds. The molecule has 0 atom stereocenters. The first-order valence-electron chi connectivity index (χ1n) is 4.60. The lowest BCUT2D eigenvalue weighted by Gasteiger charge is -2.05. The van der Waals surface area contributed by atoms with Crippen molar-refractivity contribution >= 4 is 35.6 Å². The van der Waals surface area contributed by atoms with E-state index in [1.807, 2.05) is 35.0 Å². The van der Waals surface area contributed by atoms with Crippen LogP contribution in [-0.4, -0.2) is 9.55 Å². The lowest BCUT2D eigenvalue weighted by Crippen LogP contribution is -2.02. The summed E-state index contributed by atoms with van der Waals surface area (Å²) in [5.41, 5.74) is 1.18. The Kier molecular flexibility index (Phi) is 5.13. The smallest absolute Gasteiger partial charge is 0.123 e. The van der Waals surface area contributed by atoms with E-state index in [2.05, 4.69) is 4.98 Å². The Morgan fingerprint density at radius 2 is 1.88 bits per heavy atom. The van der Waals surface area contributed by atoms with Gasteiger partial charge in [-0.2, -0.15) is 0 Å². The maximum atomic E-state index is 5.81. The highest BCUT2D eigenvalue weighted by atomic mass is 35.5. The lowest BCUT2D eigenvalue weighted by atomic mass is 10.2. The van der Waals surface area contributed by atoms with Crippen molar-refractivity contribution in [3.8, 4) is 0 Å². The number of imidazole rings is 1. The van der Waals surface area contributed by atoms with E-state index in [9.17, 15) is 0 Å². The molecule has 0 bridgehead atoms. The third-order valence-corrected chi connectivity index (χ3v) is 2.68. The Hall–Kier alpha value is -0.700. The van der Waals surface area contributed by atoms with E-state index in [-0.39, 0.29) is 12.4 Å². The molecule has 0 unspecified atom stereocenters. The summed E-state index contributed by atoms with van der Waals surface area (Å²) in [7, 11) is 0. The number of benzene rings is 1. The number of halogens is 3. The zero-order valence-corrected chi connectivity index (χ0v) is 10.8. The highest BCUT2D eigenvalue weighted by Crippen LogP contribution is 2.12. The highest BCUT2D eigenvalue weighted by molar-refractivity contribution is 6.30. The van der Waals surface area contributed by atoms with Gasteiger partial charge in [0.2, 0.25) is 0 Å². The topological polar surface area (TPSA) is 17.8 Å². The number of hydrogen-bond donors (Lipinski definition) is 0. The molecule has 0 saturated carbocycles. The molecule has 0 aliphatic carbocycles. The zero-order valence-electron chi connectivity index (χ0n) is 8.44. The molecule has 0 spiro atoms. The molecule has 16 heavy (non-hydrogen) atoms. The normalized spacial score (nSPS) is 9.88. The molecule has 0 radical (unpaired) electrons. The Bertz CT molecular complexity index is 437. The van der Waals surface area contributed by atoms with Crippen molar-refractivity contribution in [3.05, 3.63) is 53.1 Å². The summed E-state index contributed by atoms with van der Waals surface area (Å²) >= 11 is 11.6. The van der Waals surface area contributed by atoms with Crippen molar-refractivity contribution in [1.82, 2.24) is 9.55 Å². The molecule has 0 fully saturated rings. The van der Waals surface area contributed by atoms with Crippen LogP contribution in [0.2, 0.25) is 5.02 Å². The third-order valence-electron chi connectivity index (χ3n) is 2.19. The molecular weight excluding hydrogens is 266 g/mol. The Morgan fingerprint density at radius 3 is 2.50 bits per heavy atom. The van der Waals surface area contributed by atoms with Gasteiger partial charge in [-0.15, -0.1) is 24.0 Å². The van der Waals surface area contributed by atoms with Crippen LogP contribution in [0.5, 0.6) is 0 Å². The van der Waals surface area contributed by atoms with Gasteiger partial charge in [-0.05, 0) is 17.7 Å². The molecular formula is C11H11Cl3N2. The fourth-order valence-electron chi connectivity index (χ4n) is 1.40. The second-order valence-corrected chi connectivity index (χ2v) is 3.94. The first kappa shape index (κ1) is 13.4. The standard InChI is InChI=1S/C11H10Cl2N2.ClH/c12-7-11-14-5-6-15(11)8-9-1-3-10(13)4-2-9;/h1-6H,7-8H2;1H. The first-order valence-corrected chi connectivity index (χ1v) is 5.51. The van der Waals surface area contributed by atoms with Crippen molar-refractivity contribution in [2.75, 3.05) is 0 Å². The fraction of sp³-hybridized carbons (Fsp3) is 0.182. The average Bonchev–Trinajstić information content (AvgIpc) is 2.69. The number of alkyl halides is 1. The van der Waals surface area contributed by atoms with E-state index in [1.165, 1.54) is 5.56 Å². The SMILES string of the molecule is Cl.ClCc1nccn1Cc1ccc(Cl)cc1. The van der Waals surface area contributed by atoms with Gasteiger partial charge in [0.15, 0.2) is 0 Å². The second-order valence-electron chi connectivity index (χ2n) is 3.23. The van der Waals surface area contributed by atoms with Gasteiger partial charge < -0.3 is 4.57 Å². The number of rotatable bonds is 3. The molecule has 0 saturated heterocycles. The van der Waals surface area contributed by atoms with Crippen LogP contribution in [0.15, 0.2) is 36.7 Å². The van der Waals surface area contributed by atoms with Gasteiger partial charge in [0, 0.05) is 24.0 Å². The van der Waals surface area contributed by atoms with Crippen molar-refractivity contribution in [3.63, 3.8) is 0 Å². The molecule has 86 valence electrons. The summed E-state index contributed by atoms with van der Waals surface area (Å²) in [4.78, 5) is 4.15. The molecule has 1 heterocycles. The summed E-state index contributed by atoms with van der Waals surface area (Å²) in [5, 5.41) is 0.752. The van der Waals surface area contributed by atoms with Crippen molar-refractivity contribution in [2.24, 2.45) is 0 Å². The van der Waals surface area contributed by atoms with Crippen molar-refractivity contribution in [2.45, 2.75) is 12.4 Å². The van der Waals surface area contributed by atoms with E-state index >= 15 is 0 Å². The average molecular weight is 278 g/mol. The van der Waals surface area contributed by atoms with E-state index in [0.29, 0.717) is 5.88 Å². The summed E-state index contributed by atoms with van der Waals surface area (Å²) in [6, 6.07) is 7.77. The van der Waals surface area contributed by atoms with Gasteiger partial charge in [-0.3, -0.25) is 0 Å². The minimum absolute atomic E-state index is 0. The van der Waals surface area contributed by atoms with Gasteiger partial charge in [0.1, 0.15) is 5.82 Å². The summed E-state index contributed by atoms with van der Waals surface area (Å²) in [6.07, 6.45) is 3.68. The molecule has 1 aromatic heterocycles. The van der Waals surface area contributed by atoms with Crippen LogP contribution in [-0.2, 0) is 12.4 Å². The molecule has 2 rings (SSSR count). The van der Waals surface area contributed by atoms with Crippen molar-refractivity contribution < 1.29 is 0 Å². The van der Waals surface area contributed by atoms with Crippen LogP contribution in [0.4, 0.5) is 0 Å². The van der Waals surface area contributed by atoms with Crippen LogP contribution >= 0.6 is 35.6 Å². The molecule has 2 aromatic rings. The van der Waals surface area contributed by atoms with Crippen LogP contribution in [0.3, 0.4) is 0 Å². The van der Waals surface area contributed by atoms with E-state index < -0.39 is 0 Å². The molecule has 0 aliphatic rings. The Morgan fingerprint density at radius 1 is 1.19 bits per heavy atom. The van der Waals surface area contributed by atoms with Crippen LogP contribution in [0, 0.1) is 0 Å². The van der Waals surface area contributed by atoms with Gasteiger partial charge in [-0.1, -0.05) is 23.7 Å². The zero-order chi connectivity index (χ0) is 10.7. The second kappa shape index (κ2) is 6.14. The van der Waals surface area contributed by atoms with Gasteiger partial charge >= 0.3 is 0 Å². The highest BCUT2D eigenvalue weighted by Gasteiger charge is 2.01. The fourth-order valence-corrected chi connectivity index (χ4v) is 1.75. The molecule has 2 nitrogen and oxygen atoms in total. The molecule has 1 aromatic carbocycles. The Labute approximate surface area is 111 Å². The largest absolute Gasteiger partial charge is 0.330 e. The maximum Gasteiger partial charge on any atom is 0.123 e. The van der Waals surface area contributed by atoms with Crippen LogP contribution in [0.1, 0.15) is 11.4 Å². The summed E-state index contributed by atoms with van der Waals surface area (Å²) < 4.78 is 2.02. The van der Waals surface area contributed by atoms with E-state index in [4.69, 9.17) is 23.2 Å². The van der Waals surface area contributed by atoms with Gasteiger partial charge in [0.25, 0.3) is 0 Å². The molecule has 0 aliphatic heterocycles. The van der Waals surface area contributed by atoms with Crippen molar-refractivity contribution in [1.29, 1.82) is 0 Å². The number of nitrogens with zero attached hydrogens (tertiary/aromatic N) is 2. The summed E-state index contributed by atoms with van der Waals surface area (Å²) in [5.74, 6) is 1.31. The van der Waals surface area contributed by atoms with Gasteiger partial charge in [0.05, 0.1) is 5.88 Å². The molecule has 5 heteroatoms. The maximum absolute atomic E-state index is 5.81. The number of hydrogen-bond acceptors (Lipinski definition) is 1. The quantitative estimate of drug-likeness (QED) is 0.781. The summed E-state index contributed by atoms with van der Waals surface area (Å²) in [6.45, 7) is 0.777. The minimum atomic E-state index is 0.